The van der Waals surface area contributed by atoms with E-state index in [-0.39, 0.29) is 11.4 Å². The number of sulfonamides is 1. The van der Waals surface area contributed by atoms with Gasteiger partial charge in [0.15, 0.2) is 0 Å². The molecule has 0 bridgehead atoms. The van der Waals surface area contributed by atoms with Crippen LogP contribution in [0.1, 0.15) is 16.7 Å². The molecule has 0 unspecified atom stereocenters. The molecule has 0 fully saturated rings. The van der Waals surface area contributed by atoms with E-state index >= 15 is 0 Å². The van der Waals surface area contributed by atoms with Gasteiger partial charge in [-0.15, -0.1) is 0 Å². The minimum Gasteiger partial charge on any atom is -0.265 e. The fraction of sp³-hybridized carbons (Fsp3) is 0.111. The summed E-state index contributed by atoms with van der Waals surface area (Å²) in [6, 6.07) is 15.1. The fourth-order valence-corrected chi connectivity index (χ4v) is 3.57. The number of aromatic nitrogens is 2. The van der Waals surface area contributed by atoms with Crippen molar-refractivity contribution in [2.75, 3.05) is 0 Å². The van der Waals surface area contributed by atoms with E-state index in [9.17, 15) is 8.42 Å². The van der Waals surface area contributed by atoms with Crippen LogP contribution in [0.25, 0.3) is 0 Å². The van der Waals surface area contributed by atoms with Crippen LogP contribution in [-0.2, 0) is 23.0 Å². The predicted octanol–water partition coefficient (Wildman–Crippen LogP) is 2.35. The van der Waals surface area contributed by atoms with Crippen LogP contribution in [0.2, 0.25) is 0 Å². The third-order valence-electron chi connectivity index (χ3n) is 3.53. The number of benzene rings is 1. The van der Waals surface area contributed by atoms with E-state index in [1.807, 2.05) is 12.1 Å². The van der Waals surface area contributed by atoms with Crippen molar-refractivity contribution in [2.45, 2.75) is 17.9 Å². The summed E-state index contributed by atoms with van der Waals surface area (Å²) >= 11 is 0. The zero-order valence-corrected chi connectivity index (χ0v) is 13.7. The van der Waals surface area contributed by atoms with Crippen LogP contribution in [0.15, 0.2) is 72.1 Å². The highest BCUT2D eigenvalue weighted by atomic mass is 32.2. The number of nitrogens with zero attached hydrogens (tertiary/aromatic N) is 2. The summed E-state index contributed by atoms with van der Waals surface area (Å²) in [5.74, 6) is 0. The van der Waals surface area contributed by atoms with Gasteiger partial charge in [0, 0.05) is 37.8 Å². The molecule has 1 radical (unpaired) electrons. The van der Waals surface area contributed by atoms with Crippen molar-refractivity contribution in [3.05, 3.63) is 90.0 Å². The van der Waals surface area contributed by atoms with E-state index in [4.69, 9.17) is 0 Å². The molecular weight excluding hydrogens is 322 g/mol. The lowest BCUT2D eigenvalue weighted by Gasteiger charge is -2.11. The Labute approximate surface area is 141 Å². The van der Waals surface area contributed by atoms with Crippen molar-refractivity contribution in [2.24, 2.45) is 0 Å². The van der Waals surface area contributed by atoms with Crippen LogP contribution in [0.3, 0.4) is 0 Å². The monoisotopic (exact) mass is 338 g/mol. The Kier molecular flexibility index (Phi) is 4.98. The number of rotatable bonds is 6. The standard InChI is InChI=1S/C18H16N3O2S/c22-24(23,21-14-15-7-10-19-11-8-15)18-6-2-1-5-17(18)12-16-4-3-9-20-13-16/h2-11,13,21H,12,14H2. The van der Waals surface area contributed by atoms with Crippen molar-refractivity contribution >= 4 is 10.0 Å². The zero-order valence-electron chi connectivity index (χ0n) is 12.9. The SMILES string of the molecule is O=S(=O)(NCc1ccncc1)c1cc[c]cc1Cc1cccnc1. The molecule has 0 atom stereocenters. The van der Waals surface area contributed by atoms with Gasteiger partial charge in [0.25, 0.3) is 0 Å². The summed E-state index contributed by atoms with van der Waals surface area (Å²) in [7, 11) is -3.62. The minimum absolute atomic E-state index is 0.218. The second-order valence-corrected chi connectivity index (χ2v) is 6.99. The molecule has 0 saturated carbocycles. The molecular formula is C18H16N3O2S. The summed E-state index contributed by atoms with van der Waals surface area (Å²) in [6.07, 6.45) is 7.17. The van der Waals surface area contributed by atoms with Crippen LogP contribution >= 0.6 is 0 Å². The molecule has 2 heterocycles. The molecule has 0 amide bonds. The first-order valence-corrected chi connectivity index (χ1v) is 8.90. The summed E-state index contributed by atoms with van der Waals surface area (Å²) in [6.45, 7) is 0.218. The largest absolute Gasteiger partial charge is 0.265 e. The summed E-state index contributed by atoms with van der Waals surface area (Å²) in [5.41, 5.74) is 2.49. The van der Waals surface area contributed by atoms with Gasteiger partial charge in [-0.25, -0.2) is 13.1 Å². The Bertz CT molecular complexity index is 898. The van der Waals surface area contributed by atoms with Gasteiger partial charge < -0.3 is 0 Å². The van der Waals surface area contributed by atoms with Crippen LogP contribution < -0.4 is 4.72 Å². The Morgan fingerprint density at radius 3 is 2.58 bits per heavy atom. The molecule has 0 aliphatic rings. The summed E-state index contributed by atoms with van der Waals surface area (Å²) in [5, 5.41) is 0. The maximum atomic E-state index is 12.7. The van der Waals surface area contributed by atoms with Gasteiger partial charge in [0.1, 0.15) is 0 Å². The highest BCUT2D eigenvalue weighted by Crippen LogP contribution is 2.18. The molecule has 24 heavy (non-hydrogen) atoms. The maximum Gasteiger partial charge on any atom is 0.241 e. The Balaban J connectivity index is 1.82. The average molecular weight is 338 g/mol. The lowest BCUT2D eigenvalue weighted by Crippen LogP contribution is -2.24. The molecule has 3 aromatic rings. The zero-order chi connectivity index (χ0) is 16.8. The topological polar surface area (TPSA) is 72.0 Å². The maximum absolute atomic E-state index is 12.7. The lowest BCUT2D eigenvalue weighted by atomic mass is 10.1. The van der Waals surface area contributed by atoms with Crippen LogP contribution in [0.5, 0.6) is 0 Å². The molecule has 0 spiro atoms. The molecule has 121 valence electrons. The molecule has 1 N–H and O–H groups in total. The third kappa shape index (κ3) is 4.04. The van der Waals surface area contributed by atoms with Gasteiger partial charge in [-0.05, 0) is 53.1 Å². The molecule has 0 saturated heterocycles. The van der Waals surface area contributed by atoms with Gasteiger partial charge in [-0.2, -0.15) is 0 Å². The van der Waals surface area contributed by atoms with Crippen molar-refractivity contribution in [3.63, 3.8) is 0 Å². The number of hydrogen-bond donors (Lipinski definition) is 1. The highest BCUT2D eigenvalue weighted by molar-refractivity contribution is 7.89. The number of hydrogen-bond acceptors (Lipinski definition) is 4. The first-order chi connectivity index (χ1) is 11.6. The van der Waals surface area contributed by atoms with E-state index in [0.717, 1.165) is 11.1 Å². The van der Waals surface area contributed by atoms with E-state index in [1.165, 1.54) is 0 Å². The second kappa shape index (κ2) is 7.33. The van der Waals surface area contributed by atoms with Crippen LogP contribution in [-0.4, -0.2) is 18.4 Å². The summed E-state index contributed by atoms with van der Waals surface area (Å²) in [4.78, 5) is 8.25. The van der Waals surface area contributed by atoms with Crippen molar-refractivity contribution in [1.29, 1.82) is 0 Å². The normalized spacial score (nSPS) is 11.3. The lowest BCUT2D eigenvalue weighted by molar-refractivity contribution is 0.580. The number of pyridine rings is 2. The van der Waals surface area contributed by atoms with Crippen molar-refractivity contribution < 1.29 is 8.42 Å². The molecule has 2 aromatic heterocycles. The highest BCUT2D eigenvalue weighted by Gasteiger charge is 2.18. The van der Waals surface area contributed by atoms with Crippen molar-refractivity contribution in [3.8, 4) is 0 Å². The van der Waals surface area contributed by atoms with Crippen molar-refractivity contribution in [1.82, 2.24) is 14.7 Å². The van der Waals surface area contributed by atoms with Crippen LogP contribution in [0.4, 0.5) is 0 Å². The molecule has 3 rings (SSSR count). The fourth-order valence-electron chi connectivity index (χ4n) is 2.33. The van der Waals surface area contributed by atoms with E-state index in [2.05, 4.69) is 20.8 Å². The van der Waals surface area contributed by atoms with Crippen LogP contribution in [0, 0.1) is 6.07 Å². The van der Waals surface area contributed by atoms with Gasteiger partial charge in [0.05, 0.1) is 4.90 Å². The van der Waals surface area contributed by atoms with Gasteiger partial charge >= 0.3 is 0 Å². The molecule has 1 aromatic carbocycles. The minimum atomic E-state index is -3.62. The first-order valence-electron chi connectivity index (χ1n) is 7.41. The molecule has 5 nitrogen and oxygen atoms in total. The summed E-state index contributed by atoms with van der Waals surface area (Å²) < 4.78 is 28.0. The third-order valence-corrected chi connectivity index (χ3v) is 5.03. The average Bonchev–Trinajstić information content (AvgIpc) is 2.62. The molecule has 0 aliphatic heterocycles. The van der Waals surface area contributed by atoms with Gasteiger partial charge in [0.2, 0.25) is 10.0 Å². The van der Waals surface area contributed by atoms with E-state index < -0.39 is 10.0 Å². The smallest absolute Gasteiger partial charge is 0.241 e. The molecule has 0 aliphatic carbocycles. The van der Waals surface area contributed by atoms with Gasteiger partial charge in [-0.3, -0.25) is 9.97 Å². The Hall–Kier alpha value is -2.57. The quantitative estimate of drug-likeness (QED) is 0.749. The first kappa shape index (κ1) is 16.3. The Morgan fingerprint density at radius 1 is 1.00 bits per heavy atom. The van der Waals surface area contributed by atoms with Gasteiger partial charge in [-0.1, -0.05) is 12.1 Å². The van der Waals surface area contributed by atoms with E-state index in [1.54, 1.807) is 55.1 Å². The predicted molar refractivity (Wildman–Crippen MR) is 90.6 cm³/mol. The molecule has 6 heteroatoms. The van der Waals surface area contributed by atoms with E-state index in [0.29, 0.717) is 12.0 Å². The number of nitrogens with one attached hydrogen (secondary N) is 1. The Morgan fingerprint density at radius 2 is 1.83 bits per heavy atom. The second-order valence-electron chi connectivity index (χ2n) is 5.25.